The molecule has 10 heteroatoms. The van der Waals surface area contributed by atoms with Gasteiger partial charge < -0.3 is 10.2 Å². The van der Waals surface area contributed by atoms with Gasteiger partial charge in [0.1, 0.15) is 17.0 Å². The Bertz CT molecular complexity index is 1630. The van der Waals surface area contributed by atoms with E-state index in [4.69, 9.17) is 9.97 Å². The summed E-state index contributed by atoms with van der Waals surface area (Å²) in [5.41, 5.74) is 2.78. The number of piperidine rings is 1. The van der Waals surface area contributed by atoms with Gasteiger partial charge in [0.2, 0.25) is 0 Å². The summed E-state index contributed by atoms with van der Waals surface area (Å²) in [5, 5.41) is 2.95. The lowest BCUT2D eigenvalue weighted by Gasteiger charge is -2.39. The number of carbonyl (C=O) groups is 2. The molecule has 1 saturated heterocycles. The second-order valence-electron chi connectivity index (χ2n) is 16.6. The van der Waals surface area contributed by atoms with Crippen LogP contribution in [0.2, 0.25) is 0 Å². The summed E-state index contributed by atoms with van der Waals surface area (Å²) >= 11 is 1.44. The van der Waals surface area contributed by atoms with E-state index in [-0.39, 0.29) is 17.7 Å². The zero-order valence-electron chi connectivity index (χ0n) is 31.7. The number of anilines is 1. The number of benzene rings is 1. The van der Waals surface area contributed by atoms with E-state index in [1.165, 1.54) is 82.0 Å². The molecule has 0 bridgehead atoms. The lowest BCUT2D eigenvalue weighted by atomic mass is 9.72. The third-order valence-corrected chi connectivity index (χ3v) is 14.3. The van der Waals surface area contributed by atoms with E-state index in [9.17, 15) is 13.8 Å². The predicted octanol–water partition coefficient (Wildman–Crippen LogP) is 8.64. The number of nitrogens with zero attached hydrogens (tertiary/aromatic N) is 3. The van der Waals surface area contributed by atoms with Crippen LogP contribution in [-0.2, 0) is 27.6 Å². The maximum atomic E-state index is 13.5. The molecule has 8 nitrogen and oxygen atoms in total. The van der Waals surface area contributed by atoms with Crippen molar-refractivity contribution in [2.75, 3.05) is 23.7 Å². The minimum atomic E-state index is -1.49. The third-order valence-electron chi connectivity index (χ3n) is 11.8. The summed E-state index contributed by atoms with van der Waals surface area (Å²) in [4.78, 5) is 40.4. The second kappa shape index (κ2) is 17.8. The molecule has 3 aliphatic rings. The zero-order chi connectivity index (χ0) is 36.7. The highest BCUT2D eigenvalue weighted by Crippen LogP contribution is 2.40. The van der Waals surface area contributed by atoms with Gasteiger partial charge in [0.15, 0.2) is 5.82 Å². The number of rotatable bonds is 14. The normalized spacial score (nSPS) is 21.3. The average molecular weight is 746 g/mol. The predicted molar refractivity (Wildman–Crippen MR) is 214 cm³/mol. The first-order valence-corrected chi connectivity index (χ1v) is 22.0. The van der Waals surface area contributed by atoms with Crippen LogP contribution in [0.15, 0.2) is 48.8 Å². The molecular formula is C42H59N5O3S2. The molecule has 2 aliphatic carbocycles. The van der Waals surface area contributed by atoms with Gasteiger partial charge in [-0.3, -0.25) is 14.3 Å². The highest BCUT2D eigenvalue weighted by Gasteiger charge is 2.31. The Hall–Kier alpha value is -3.11. The molecule has 0 radical (unpaired) electrons. The first-order valence-electron chi connectivity index (χ1n) is 19.8. The van der Waals surface area contributed by atoms with Gasteiger partial charge in [0.05, 0.1) is 23.0 Å². The Balaban J connectivity index is 1.05. The second-order valence-corrected chi connectivity index (χ2v) is 19.0. The summed E-state index contributed by atoms with van der Waals surface area (Å²) in [5.74, 6) is 3.69. The smallest absolute Gasteiger partial charge is 0.262 e. The molecule has 0 spiro atoms. The van der Waals surface area contributed by atoms with Crippen molar-refractivity contribution in [3.8, 4) is 11.4 Å². The van der Waals surface area contributed by atoms with Crippen LogP contribution in [0, 0.1) is 23.7 Å². The van der Waals surface area contributed by atoms with Crippen molar-refractivity contribution in [3.05, 3.63) is 64.1 Å². The van der Waals surface area contributed by atoms with Crippen molar-refractivity contribution < 1.29 is 13.8 Å². The van der Waals surface area contributed by atoms with Gasteiger partial charge in [-0.05, 0) is 78.9 Å². The van der Waals surface area contributed by atoms with Gasteiger partial charge in [-0.2, -0.15) is 0 Å². The number of thiophene rings is 1. The number of nitrogens with one attached hydrogen (secondary N) is 2. The van der Waals surface area contributed by atoms with E-state index in [2.05, 4.69) is 42.6 Å². The van der Waals surface area contributed by atoms with Crippen LogP contribution in [0.1, 0.15) is 125 Å². The van der Waals surface area contributed by atoms with E-state index < -0.39 is 22.9 Å². The molecule has 3 fully saturated rings. The minimum Gasteiger partial charge on any atom is -0.369 e. The summed E-state index contributed by atoms with van der Waals surface area (Å²) in [6, 6.07) is 10.8. The molecule has 2 aromatic heterocycles. The van der Waals surface area contributed by atoms with Crippen molar-refractivity contribution in [1.29, 1.82) is 0 Å². The number of hydrogen-bond donors (Lipinski definition) is 2. The lowest BCUT2D eigenvalue weighted by molar-refractivity contribution is -0.121. The van der Waals surface area contributed by atoms with Crippen LogP contribution >= 0.6 is 11.3 Å². The Morgan fingerprint density at radius 3 is 2.13 bits per heavy atom. The van der Waals surface area contributed by atoms with Gasteiger partial charge in [-0.15, -0.1) is 11.3 Å². The highest BCUT2D eigenvalue weighted by atomic mass is 32.2. The van der Waals surface area contributed by atoms with Gasteiger partial charge >= 0.3 is 0 Å². The monoisotopic (exact) mass is 745 g/mol. The Labute approximate surface area is 318 Å². The quantitative estimate of drug-likeness (QED) is 0.171. The molecule has 2 unspecified atom stereocenters. The zero-order valence-corrected chi connectivity index (χ0v) is 33.3. The fraction of sp³-hybridized carbons (Fsp3) is 0.619. The fourth-order valence-corrected chi connectivity index (χ4v) is 10.2. The maximum absolute atomic E-state index is 13.5. The minimum absolute atomic E-state index is 0.0765. The van der Waals surface area contributed by atoms with Crippen LogP contribution < -0.4 is 14.9 Å². The van der Waals surface area contributed by atoms with Crippen LogP contribution in [0.25, 0.3) is 11.4 Å². The molecule has 52 heavy (non-hydrogen) atoms. The molecule has 3 heterocycles. The molecule has 2 N–H and O–H groups in total. The highest BCUT2D eigenvalue weighted by molar-refractivity contribution is 7.83. The molecule has 3 aromatic rings. The van der Waals surface area contributed by atoms with E-state index in [0.29, 0.717) is 22.4 Å². The molecule has 2 amide bonds. The Morgan fingerprint density at radius 1 is 0.885 bits per heavy atom. The molecule has 2 atom stereocenters. The van der Waals surface area contributed by atoms with Crippen molar-refractivity contribution in [2.45, 2.75) is 123 Å². The maximum Gasteiger partial charge on any atom is 0.262 e. The number of carbonyl (C=O) groups excluding carboxylic acids is 2. The van der Waals surface area contributed by atoms with E-state index in [1.807, 2.05) is 48.8 Å². The molecule has 1 aromatic carbocycles. The van der Waals surface area contributed by atoms with Gasteiger partial charge in [0.25, 0.3) is 11.8 Å². The molecular weight excluding hydrogens is 687 g/mol. The lowest BCUT2D eigenvalue weighted by Crippen LogP contribution is -2.48. The van der Waals surface area contributed by atoms with Crippen molar-refractivity contribution in [3.63, 3.8) is 0 Å². The van der Waals surface area contributed by atoms with E-state index in [0.717, 1.165) is 59.0 Å². The van der Waals surface area contributed by atoms with Crippen LogP contribution in [-0.4, -0.2) is 50.9 Å². The SMILES string of the molecule is CCCC1CCC(C2CCN(c3cnc(-c4ccc(CC(NC(=O)c5ccc(C(C)(C)C)s5)C(=O)NS(=O)CCC5CCC5)cc4)nc3)CC2)CC1. The van der Waals surface area contributed by atoms with Gasteiger partial charge in [-0.25, -0.2) is 14.2 Å². The van der Waals surface area contributed by atoms with Crippen LogP contribution in [0.3, 0.4) is 0 Å². The fourth-order valence-electron chi connectivity index (χ4n) is 8.24. The molecule has 6 rings (SSSR count). The molecule has 282 valence electrons. The third kappa shape index (κ3) is 10.3. The van der Waals surface area contributed by atoms with Crippen molar-refractivity contribution in [2.24, 2.45) is 23.7 Å². The Morgan fingerprint density at radius 2 is 1.54 bits per heavy atom. The van der Waals surface area contributed by atoms with Gasteiger partial charge in [-0.1, -0.05) is 96.9 Å². The van der Waals surface area contributed by atoms with E-state index in [1.54, 1.807) is 0 Å². The molecule has 1 aliphatic heterocycles. The Kier molecular flexibility index (Phi) is 13.2. The summed E-state index contributed by atoms with van der Waals surface area (Å²) in [6.45, 7) is 10.8. The summed E-state index contributed by atoms with van der Waals surface area (Å²) in [7, 11) is -1.49. The van der Waals surface area contributed by atoms with Crippen LogP contribution in [0.5, 0.6) is 0 Å². The van der Waals surface area contributed by atoms with Crippen LogP contribution in [0.4, 0.5) is 5.69 Å². The first kappa shape index (κ1) is 38.6. The average Bonchev–Trinajstić information content (AvgIpc) is 3.64. The number of amides is 2. The van der Waals surface area contributed by atoms with E-state index >= 15 is 0 Å². The first-order chi connectivity index (χ1) is 25.1. The topological polar surface area (TPSA) is 104 Å². The van der Waals surface area contributed by atoms with Gasteiger partial charge in [0, 0.05) is 35.7 Å². The van der Waals surface area contributed by atoms with Crippen molar-refractivity contribution >= 4 is 39.8 Å². The van der Waals surface area contributed by atoms with Crippen molar-refractivity contribution in [1.82, 2.24) is 20.0 Å². The number of aromatic nitrogens is 2. The number of hydrogen-bond acceptors (Lipinski definition) is 7. The summed E-state index contributed by atoms with van der Waals surface area (Å²) < 4.78 is 15.5. The molecule has 2 saturated carbocycles. The standard InChI is InChI=1S/C42H59N5O3S2/c1-5-7-29-10-14-32(15-11-29)33-20-23-47(24-21-33)35-27-43-39(44-28-35)34-16-12-31(13-17-34)26-36(40(48)46-52(50)25-22-30-8-6-9-30)45-41(49)37-18-19-38(51-37)42(2,3)4/h12-13,16-19,27-30,32-33,36H,5-11,14-15,20-26H2,1-4H3,(H,45,49)(H,46,48). The summed E-state index contributed by atoms with van der Waals surface area (Å²) in [6.07, 6.45) is 19.5. The largest absolute Gasteiger partial charge is 0.369 e.